The third-order valence-corrected chi connectivity index (χ3v) is 7.49. The van der Waals surface area contributed by atoms with E-state index in [0.717, 1.165) is 18.0 Å². The number of amides is 1. The van der Waals surface area contributed by atoms with E-state index >= 15 is 0 Å². The van der Waals surface area contributed by atoms with Crippen LogP contribution in [0.25, 0.3) is 11.2 Å². The number of anilines is 1. The highest BCUT2D eigenvalue weighted by Crippen LogP contribution is 2.37. The van der Waals surface area contributed by atoms with Crippen LogP contribution in [0.2, 0.25) is 0 Å². The molecule has 0 fully saturated rings. The number of rotatable bonds is 5. The summed E-state index contributed by atoms with van der Waals surface area (Å²) in [4.78, 5) is 26.7. The van der Waals surface area contributed by atoms with E-state index in [9.17, 15) is 4.79 Å². The van der Waals surface area contributed by atoms with Crippen LogP contribution in [0.3, 0.4) is 0 Å². The molecular weight excluding hydrogens is 511 g/mol. The van der Waals surface area contributed by atoms with Crippen molar-refractivity contribution in [2.45, 2.75) is 56.6 Å². The van der Waals surface area contributed by atoms with Crippen LogP contribution in [-0.2, 0) is 24.2 Å². The Labute approximate surface area is 193 Å². The van der Waals surface area contributed by atoms with Gasteiger partial charge in [0, 0.05) is 27.0 Å². The first-order chi connectivity index (χ1) is 14.2. The minimum atomic E-state index is -0.429. The molecule has 9 heteroatoms. The number of imidazole rings is 1. The number of carbonyl (C=O) groups is 1. The first-order valence-electron chi connectivity index (χ1n) is 9.98. The number of hydrogen-bond acceptors (Lipinski definition) is 6. The molecule has 0 radical (unpaired) electrons. The van der Waals surface area contributed by atoms with Crippen molar-refractivity contribution in [3.63, 3.8) is 0 Å². The molecular formula is C21H25IN6OS. The van der Waals surface area contributed by atoms with Crippen molar-refractivity contribution in [1.82, 2.24) is 24.8 Å². The third kappa shape index (κ3) is 4.27. The van der Waals surface area contributed by atoms with E-state index < -0.39 is 5.41 Å². The van der Waals surface area contributed by atoms with Crippen LogP contribution in [0.15, 0.2) is 28.5 Å². The summed E-state index contributed by atoms with van der Waals surface area (Å²) in [5.41, 5.74) is 9.80. The summed E-state index contributed by atoms with van der Waals surface area (Å²) < 4.78 is 3.24. The monoisotopic (exact) mass is 536 g/mol. The average molecular weight is 536 g/mol. The number of hydrogen-bond donors (Lipinski definition) is 2. The van der Waals surface area contributed by atoms with Crippen LogP contribution in [0.4, 0.5) is 5.82 Å². The normalized spacial score (nSPS) is 13.6. The zero-order chi connectivity index (χ0) is 21.5. The highest BCUT2D eigenvalue weighted by molar-refractivity contribution is 14.1. The molecule has 2 aromatic heterocycles. The molecule has 3 aromatic rings. The van der Waals surface area contributed by atoms with Crippen LogP contribution < -0.4 is 11.1 Å². The fraction of sp³-hybridized carbons (Fsp3) is 0.429. The third-order valence-electron chi connectivity index (χ3n) is 5.18. The van der Waals surface area contributed by atoms with Gasteiger partial charge < -0.3 is 15.6 Å². The van der Waals surface area contributed by atoms with Crippen molar-refractivity contribution in [2.24, 2.45) is 5.41 Å². The minimum Gasteiger partial charge on any atom is -0.382 e. The largest absolute Gasteiger partial charge is 0.382 e. The summed E-state index contributed by atoms with van der Waals surface area (Å²) in [6.45, 7) is 6.75. The Morgan fingerprint density at radius 2 is 2.00 bits per heavy atom. The molecule has 0 spiro atoms. The number of fused-ring (bicyclic) bond motifs is 2. The number of benzene rings is 1. The van der Waals surface area contributed by atoms with Gasteiger partial charge in [0.1, 0.15) is 6.33 Å². The van der Waals surface area contributed by atoms with Gasteiger partial charge in [-0.05, 0) is 65.1 Å². The lowest BCUT2D eigenvalue weighted by atomic mass is 9.96. The maximum atomic E-state index is 12.3. The Hall–Kier alpha value is -1.88. The molecule has 0 aliphatic heterocycles. The van der Waals surface area contributed by atoms with Crippen LogP contribution in [0.5, 0.6) is 0 Å². The second kappa shape index (κ2) is 8.33. The topological polar surface area (TPSA) is 98.7 Å². The molecule has 1 aliphatic rings. The summed E-state index contributed by atoms with van der Waals surface area (Å²) in [6, 6.07) is 4.57. The SMILES string of the molecule is CC(C)(C)C(=O)NCCn1c(Sc2cc3c(cc2I)CCC3)nc2c(N)ncnc21. The second-order valence-corrected chi connectivity index (χ2v) is 10.7. The van der Waals surface area contributed by atoms with Crippen molar-refractivity contribution in [1.29, 1.82) is 0 Å². The van der Waals surface area contributed by atoms with Gasteiger partial charge in [-0.3, -0.25) is 4.79 Å². The van der Waals surface area contributed by atoms with Crippen LogP contribution >= 0.6 is 34.4 Å². The van der Waals surface area contributed by atoms with Gasteiger partial charge in [-0.2, -0.15) is 0 Å². The van der Waals surface area contributed by atoms with E-state index in [2.05, 4.69) is 50.0 Å². The summed E-state index contributed by atoms with van der Waals surface area (Å²) >= 11 is 4.01. The number of nitrogens with two attached hydrogens (primary N) is 1. The van der Waals surface area contributed by atoms with E-state index in [-0.39, 0.29) is 5.91 Å². The number of carbonyl (C=O) groups excluding carboxylic acids is 1. The Kier molecular flexibility index (Phi) is 5.93. The Morgan fingerprint density at radius 1 is 1.27 bits per heavy atom. The number of aromatic nitrogens is 4. The highest BCUT2D eigenvalue weighted by atomic mass is 127. The van der Waals surface area contributed by atoms with E-state index in [1.807, 2.05) is 25.3 Å². The highest BCUT2D eigenvalue weighted by Gasteiger charge is 2.22. The van der Waals surface area contributed by atoms with E-state index in [0.29, 0.717) is 30.1 Å². The predicted octanol–water partition coefficient (Wildman–Crippen LogP) is 3.82. The Balaban J connectivity index is 1.65. The molecule has 1 aromatic carbocycles. The number of aryl methyl sites for hydroxylation is 2. The van der Waals surface area contributed by atoms with E-state index in [1.54, 1.807) is 11.8 Å². The molecule has 4 rings (SSSR count). The van der Waals surface area contributed by atoms with Crippen molar-refractivity contribution in [2.75, 3.05) is 12.3 Å². The predicted molar refractivity (Wildman–Crippen MR) is 128 cm³/mol. The summed E-state index contributed by atoms with van der Waals surface area (Å²) in [7, 11) is 0. The van der Waals surface area contributed by atoms with E-state index in [4.69, 9.17) is 10.7 Å². The first kappa shape index (κ1) is 21.4. The van der Waals surface area contributed by atoms with E-state index in [1.165, 1.54) is 32.3 Å². The molecule has 7 nitrogen and oxygen atoms in total. The summed E-state index contributed by atoms with van der Waals surface area (Å²) in [6.07, 6.45) is 4.97. The molecule has 3 N–H and O–H groups in total. The van der Waals surface area contributed by atoms with Crippen LogP contribution in [-0.4, -0.2) is 32.0 Å². The fourth-order valence-corrected chi connectivity index (χ4v) is 5.35. The second-order valence-electron chi connectivity index (χ2n) is 8.49. The quantitative estimate of drug-likeness (QED) is 0.482. The number of nitrogen functional groups attached to an aromatic ring is 1. The molecule has 158 valence electrons. The Bertz CT molecular complexity index is 1120. The lowest BCUT2D eigenvalue weighted by Crippen LogP contribution is -2.36. The smallest absolute Gasteiger partial charge is 0.225 e. The van der Waals surface area contributed by atoms with Gasteiger partial charge in [-0.25, -0.2) is 15.0 Å². The van der Waals surface area contributed by atoms with Crippen molar-refractivity contribution in [3.05, 3.63) is 33.2 Å². The number of halogens is 1. The van der Waals surface area contributed by atoms with Gasteiger partial charge in [0.2, 0.25) is 5.91 Å². The lowest BCUT2D eigenvalue weighted by Gasteiger charge is -2.18. The van der Waals surface area contributed by atoms with Crippen molar-refractivity contribution in [3.8, 4) is 0 Å². The average Bonchev–Trinajstić information content (AvgIpc) is 3.26. The molecule has 0 saturated carbocycles. The van der Waals surface area contributed by atoms with Gasteiger partial charge in [0.05, 0.1) is 0 Å². The van der Waals surface area contributed by atoms with Gasteiger partial charge in [0.25, 0.3) is 0 Å². The van der Waals surface area contributed by atoms with Gasteiger partial charge in [0.15, 0.2) is 22.1 Å². The van der Waals surface area contributed by atoms with Gasteiger partial charge in [-0.15, -0.1) is 0 Å². The molecule has 0 atom stereocenters. The zero-order valence-corrected chi connectivity index (χ0v) is 20.3. The fourth-order valence-electron chi connectivity index (χ4n) is 3.51. The maximum Gasteiger partial charge on any atom is 0.225 e. The number of nitrogens with zero attached hydrogens (tertiary/aromatic N) is 4. The zero-order valence-electron chi connectivity index (χ0n) is 17.3. The van der Waals surface area contributed by atoms with Crippen LogP contribution in [0.1, 0.15) is 38.3 Å². The van der Waals surface area contributed by atoms with Gasteiger partial charge >= 0.3 is 0 Å². The molecule has 1 aliphatic carbocycles. The Morgan fingerprint density at radius 3 is 2.73 bits per heavy atom. The standard InChI is InChI=1S/C21H25IN6OS/c1-21(2,3)19(29)24-7-8-28-18-16(17(23)25-11-26-18)27-20(28)30-15-10-13-6-4-5-12(13)9-14(15)22/h9-11H,4-8H2,1-3H3,(H,24,29)(H2,23,25,26). The van der Waals surface area contributed by atoms with Crippen LogP contribution in [0, 0.1) is 8.99 Å². The maximum absolute atomic E-state index is 12.3. The first-order valence-corrected chi connectivity index (χ1v) is 11.9. The van der Waals surface area contributed by atoms with Gasteiger partial charge in [-0.1, -0.05) is 32.5 Å². The molecule has 2 heterocycles. The number of nitrogens with one attached hydrogen (secondary N) is 1. The van der Waals surface area contributed by atoms with Crippen molar-refractivity contribution >= 4 is 57.2 Å². The molecule has 0 saturated heterocycles. The van der Waals surface area contributed by atoms with Crippen molar-refractivity contribution < 1.29 is 4.79 Å². The molecule has 0 bridgehead atoms. The molecule has 0 unspecified atom stereocenters. The summed E-state index contributed by atoms with van der Waals surface area (Å²) in [5.74, 6) is 0.381. The summed E-state index contributed by atoms with van der Waals surface area (Å²) in [5, 5.41) is 3.81. The molecule has 1 amide bonds. The molecule has 30 heavy (non-hydrogen) atoms. The minimum absolute atomic E-state index is 0.0171. The lowest BCUT2D eigenvalue weighted by molar-refractivity contribution is -0.128.